The van der Waals surface area contributed by atoms with Gasteiger partial charge in [0.15, 0.2) is 0 Å². The van der Waals surface area contributed by atoms with E-state index in [1.807, 2.05) is 26.0 Å². The van der Waals surface area contributed by atoms with Crippen LogP contribution in [0.5, 0.6) is 0 Å². The SMILES string of the molecule is C/C=C\C1C(=O)OC(C)CC1/C=C/CCN(CC)CCN. The lowest BCUT2D eigenvalue weighted by molar-refractivity contribution is -0.159. The molecule has 0 saturated carbocycles. The standard InChI is InChI=1S/C17H30N2O2/c1-4-8-16-15(13-14(3)21-17(16)20)9-6-7-11-19(5-2)12-10-18/h4,6,8-9,14-16H,5,7,10-13,18H2,1-3H3/b8-4-,9-6+. The van der Waals surface area contributed by atoms with Crippen molar-refractivity contribution in [1.82, 2.24) is 4.90 Å². The Labute approximate surface area is 129 Å². The molecule has 1 aliphatic heterocycles. The Bertz CT molecular complexity index is 366. The number of allylic oxidation sites excluding steroid dienone is 2. The van der Waals surface area contributed by atoms with Crippen molar-refractivity contribution in [2.75, 3.05) is 26.2 Å². The molecule has 1 heterocycles. The van der Waals surface area contributed by atoms with E-state index in [9.17, 15) is 4.79 Å². The molecule has 0 aromatic heterocycles. The molecule has 1 aliphatic rings. The summed E-state index contributed by atoms with van der Waals surface area (Å²) in [6, 6.07) is 0. The summed E-state index contributed by atoms with van der Waals surface area (Å²) in [5, 5.41) is 0. The van der Waals surface area contributed by atoms with Gasteiger partial charge in [-0.05, 0) is 39.2 Å². The zero-order chi connectivity index (χ0) is 15.7. The van der Waals surface area contributed by atoms with E-state index in [1.165, 1.54) is 0 Å². The quantitative estimate of drug-likeness (QED) is 0.551. The van der Waals surface area contributed by atoms with Gasteiger partial charge in [0.1, 0.15) is 0 Å². The van der Waals surface area contributed by atoms with E-state index in [0.29, 0.717) is 6.54 Å². The second-order valence-electron chi connectivity index (χ2n) is 5.64. The summed E-state index contributed by atoms with van der Waals surface area (Å²) in [4.78, 5) is 14.3. The molecule has 4 nitrogen and oxygen atoms in total. The number of esters is 1. The lowest BCUT2D eigenvalue weighted by Crippen LogP contribution is -2.34. The third-order valence-corrected chi connectivity index (χ3v) is 3.94. The Morgan fingerprint density at radius 2 is 2.14 bits per heavy atom. The largest absolute Gasteiger partial charge is 0.462 e. The first-order chi connectivity index (χ1) is 10.1. The highest BCUT2D eigenvalue weighted by Crippen LogP contribution is 2.29. The zero-order valence-corrected chi connectivity index (χ0v) is 13.6. The van der Waals surface area contributed by atoms with Gasteiger partial charge in [0.2, 0.25) is 0 Å². The van der Waals surface area contributed by atoms with Crippen LogP contribution >= 0.6 is 0 Å². The Balaban J connectivity index is 2.52. The number of cyclic esters (lactones) is 1. The number of carbonyl (C=O) groups excluding carboxylic acids is 1. The summed E-state index contributed by atoms with van der Waals surface area (Å²) in [5.41, 5.74) is 5.59. The molecule has 2 N–H and O–H groups in total. The first kappa shape index (κ1) is 17.9. The Morgan fingerprint density at radius 1 is 1.38 bits per heavy atom. The van der Waals surface area contributed by atoms with Crippen LogP contribution in [-0.2, 0) is 9.53 Å². The van der Waals surface area contributed by atoms with Gasteiger partial charge in [-0.3, -0.25) is 4.79 Å². The fourth-order valence-corrected chi connectivity index (χ4v) is 2.80. The molecular formula is C17H30N2O2. The molecule has 4 heteroatoms. The summed E-state index contributed by atoms with van der Waals surface area (Å²) in [5.74, 6) is 0.0237. The average Bonchev–Trinajstić information content (AvgIpc) is 2.45. The van der Waals surface area contributed by atoms with Crippen molar-refractivity contribution in [2.45, 2.75) is 39.7 Å². The number of likely N-dealkylation sites (N-methyl/N-ethyl adjacent to an activating group) is 1. The summed E-state index contributed by atoms with van der Waals surface area (Å²) >= 11 is 0. The topological polar surface area (TPSA) is 55.6 Å². The molecule has 1 rings (SSSR count). The van der Waals surface area contributed by atoms with Gasteiger partial charge in [0.05, 0.1) is 12.0 Å². The van der Waals surface area contributed by atoms with Gasteiger partial charge in [0.25, 0.3) is 0 Å². The number of carbonyl (C=O) groups is 1. The molecule has 1 saturated heterocycles. The molecule has 21 heavy (non-hydrogen) atoms. The third kappa shape index (κ3) is 6.02. The summed E-state index contributed by atoms with van der Waals surface area (Å²) in [6.45, 7) is 9.75. The minimum Gasteiger partial charge on any atom is -0.462 e. The number of hydrogen-bond acceptors (Lipinski definition) is 4. The van der Waals surface area contributed by atoms with Crippen LogP contribution in [0.2, 0.25) is 0 Å². The normalized spacial score (nSPS) is 26.9. The second kappa shape index (κ2) is 9.74. The van der Waals surface area contributed by atoms with Crippen molar-refractivity contribution in [3.63, 3.8) is 0 Å². The van der Waals surface area contributed by atoms with Crippen molar-refractivity contribution in [1.29, 1.82) is 0 Å². The number of rotatable bonds is 8. The van der Waals surface area contributed by atoms with Crippen LogP contribution < -0.4 is 5.73 Å². The van der Waals surface area contributed by atoms with E-state index in [0.717, 1.165) is 32.5 Å². The highest BCUT2D eigenvalue weighted by Gasteiger charge is 2.33. The fourth-order valence-electron chi connectivity index (χ4n) is 2.80. The average molecular weight is 294 g/mol. The third-order valence-electron chi connectivity index (χ3n) is 3.94. The molecule has 0 amide bonds. The Hall–Kier alpha value is -1.13. The van der Waals surface area contributed by atoms with Crippen molar-refractivity contribution in [3.8, 4) is 0 Å². The summed E-state index contributed by atoms with van der Waals surface area (Å²) in [7, 11) is 0. The summed E-state index contributed by atoms with van der Waals surface area (Å²) < 4.78 is 5.33. The first-order valence-corrected chi connectivity index (χ1v) is 8.04. The minimum atomic E-state index is -0.131. The highest BCUT2D eigenvalue weighted by atomic mass is 16.5. The Morgan fingerprint density at radius 3 is 2.76 bits per heavy atom. The van der Waals surface area contributed by atoms with Crippen LogP contribution in [0.25, 0.3) is 0 Å². The van der Waals surface area contributed by atoms with E-state index in [2.05, 4.69) is 24.0 Å². The number of hydrogen-bond donors (Lipinski definition) is 1. The molecule has 0 radical (unpaired) electrons. The maximum Gasteiger partial charge on any atom is 0.313 e. The van der Waals surface area contributed by atoms with Crippen LogP contribution in [0.3, 0.4) is 0 Å². The van der Waals surface area contributed by atoms with Gasteiger partial charge in [-0.15, -0.1) is 0 Å². The molecule has 1 fully saturated rings. The van der Waals surface area contributed by atoms with Crippen LogP contribution in [0.4, 0.5) is 0 Å². The molecule has 0 aromatic carbocycles. The van der Waals surface area contributed by atoms with Crippen LogP contribution in [0.1, 0.15) is 33.6 Å². The molecule has 0 bridgehead atoms. The molecule has 0 aliphatic carbocycles. The van der Waals surface area contributed by atoms with Crippen molar-refractivity contribution < 1.29 is 9.53 Å². The maximum absolute atomic E-state index is 11.9. The second-order valence-corrected chi connectivity index (χ2v) is 5.64. The number of ether oxygens (including phenoxy) is 1. The number of nitrogens with zero attached hydrogens (tertiary/aromatic N) is 1. The first-order valence-electron chi connectivity index (χ1n) is 8.04. The lowest BCUT2D eigenvalue weighted by atomic mass is 9.84. The summed E-state index contributed by atoms with van der Waals surface area (Å²) in [6.07, 6.45) is 10.2. The van der Waals surface area contributed by atoms with Gasteiger partial charge in [-0.2, -0.15) is 0 Å². The van der Waals surface area contributed by atoms with Crippen molar-refractivity contribution in [3.05, 3.63) is 24.3 Å². The zero-order valence-electron chi connectivity index (χ0n) is 13.6. The minimum absolute atomic E-state index is 0.0121. The van der Waals surface area contributed by atoms with Crippen LogP contribution in [0, 0.1) is 11.8 Å². The number of nitrogens with two attached hydrogens (primary N) is 1. The van der Waals surface area contributed by atoms with Crippen molar-refractivity contribution >= 4 is 5.97 Å². The molecule has 0 spiro atoms. The Kier molecular flexibility index (Phi) is 8.31. The van der Waals surface area contributed by atoms with E-state index in [-0.39, 0.29) is 23.9 Å². The molecule has 3 unspecified atom stereocenters. The van der Waals surface area contributed by atoms with E-state index in [1.54, 1.807) is 0 Å². The maximum atomic E-state index is 11.9. The lowest BCUT2D eigenvalue weighted by Gasteiger charge is -2.30. The smallest absolute Gasteiger partial charge is 0.313 e. The molecule has 3 atom stereocenters. The van der Waals surface area contributed by atoms with Gasteiger partial charge in [-0.1, -0.05) is 31.2 Å². The fraction of sp³-hybridized carbons (Fsp3) is 0.706. The van der Waals surface area contributed by atoms with Gasteiger partial charge < -0.3 is 15.4 Å². The predicted octanol–water partition coefficient (Wildman–Crippen LogP) is 2.36. The van der Waals surface area contributed by atoms with E-state index in [4.69, 9.17) is 10.5 Å². The van der Waals surface area contributed by atoms with Crippen LogP contribution in [-0.4, -0.2) is 43.2 Å². The van der Waals surface area contributed by atoms with Gasteiger partial charge >= 0.3 is 5.97 Å². The van der Waals surface area contributed by atoms with Crippen molar-refractivity contribution in [2.24, 2.45) is 17.6 Å². The van der Waals surface area contributed by atoms with Gasteiger partial charge in [-0.25, -0.2) is 0 Å². The molecule has 120 valence electrons. The van der Waals surface area contributed by atoms with Gasteiger partial charge in [0, 0.05) is 19.6 Å². The highest BCUT2D eigenvalue weighted by molar-refractivity contribution is 5.76. The molecule has 0 aromatic rings. The van der Waals surface area contributed by atoms with E-state index >= 15 is 0 Å². The predicted molar refractivity (Wildman–Crippen MR) is 86.9 cm³/mol. The monoisotopic (exact) mass is 294 g/mol. The van der Waals surface area contributed by atoms with Crippen LogP contribution in [0.15, 0.2) is 24.3 Å². The molecular weight excluding hydrogens is 264 g/mol. The van der Waals surface area contributed by atoms with E-state index < -0.39 is 0 Å².